The van der Waals surface area contributed by atoms with E-state index in [0.717, 1.165) is 11.1 Å². The fourth-order valence-electron chi connectivity index (χ4n) is 1.61. The van der Waals surface area contributed by atoms with Crippen LogP contribution in [0, 0.1) is 0 Å². The first-order valence-electron chi connectivity index (χ1n) is 5.25. The number of carbonyl (C=O) groups is 3. The number of hydrogen-bond donors (Lipinski definition) is 1. The number of nitrogens with zero attached hydrogens (tertiary/aromatic N) is 2. The molecule has 0 saturated carbocycles. The molecule has 1 aliphatic rings. The zero-order valence-electron chi connectivity index (χ0n) is 9.53. The molecule has 1 N–H and O–H groups in total. The summed E-state index contributed by atoms with van der Waals surface area (Å²) in [5.41, 5.74) is 0.982. The number of anilines is 1. The number of urea groups is 1. The average molecular weight is 246 g/mol. The van der Waals surface area contributed by atoms with Crippen LogP contribution in [0.4, 0.5) is 10.5 Å². The second kappa shape index (κ2) is 4.40. The predicted molar refractivity (Wildman–Crippen MR) is 63.9 cm³/mol. The second-order valence-electron chi connectivity index (χ2n) is 3.87. The van der Waals surface area contributed by atoms with Crippen LogP contribution in [0.15, 0.2) is 29.3 Å². The first-order valence-corrected chi connectivity index (χ1v) is 5.25. The van der Waals surface area contributed by atoms with Crippen molar-refractivity contribution in [3.05, 3.63) is 29.8 Å². The van der Waals surface area contributed by atoms with Gasteiger partial charge in [0.1, 0.15) is 0 Å². The van der Waals surface area contributed by atoms with Crippen molar-refractivity contribution in [2.45, 2.75) is 12.8 Å². The SMILES string of the molecule is CC(C(=O)O)c1ccc(N2C(=O)C=NC2=O)cc1. The molecule has 1 atom stereocenters. The molecule has 1 aliphatic heterocycles. The van der Waals surface area contributed by atoms with Crippen molar-refractivity contribution in [3.8, 4) is 0 Å². The van der Waals surface area contributed by atoms with Gasteiger partial charge >= 0.3 is 12.0 Å². The van der Waals surface area contributed by atoms with Gasteiger partial charge < -0.3 is 5.11 Å². The highest BCUT2D eigenvalue weighted by molar-refractivity contribution is 6.45. The van der Waals surface area contributed by atoms with E-state index in [4.69, 9.17) is 5.11 Å². The van der Waals surface area contributed by atoms with Crippen molar-refractivity contribution in [1.29, 1.82) is 0 Å². The number of benzene rings is 1. The molecule has 0 aromatic heterocycles. The van der Waals surface area contributed by atoms with Gasteiger partial charge in [-0.1, -0.05) is 12.1 Å². The highest BCUT2D eigenvalue weighted by atomic mass is 16.4. The lowest BCUT2D eigenvalue weighted by Gasteiger charge is -2.13. The third kappa shape index (κ3) is 2.00. The number of aliphatic carboxylic acids is 1. The molecule has 3 amide bonds. The lowest BCUT2D eigenvalue weighted by Crippen LogP contribution is -2.29. The van der Waals surface area contributed by atoms with Crippen molar-refractivity contribution < 1.29 is 19.5 Å². The second-order valence-corrected chi connectivity index (χ2v) is 3.87. The largest absolute Gasteiger partial charge is 0.481 e. The lowest BCUT2D eigenvalue weighted by atomic mass is 10.0. The van der Waals surface area contributed by atoms with Crippen LogP contribution in [-0.4, -0.2) is 29.2 Å². The van der Waals surface area contributed by atoms with Gasteiger partial charge in [-0.05, 0) is 24.6 Å². The summed E-state index contributed by atoms with van der Waals surface area (Å²) in [5.74, 6) is -2.07. The average Bonchev–Trinajstić information content (AvgIpc) is 2.68. The maximum absolute atomic E-state index is 11.4. The molecule has 0 saturated heterocycles. The Hall–Kier alpha value is -2.50. The smallest absolute Gasteiger partial charge is 0.355 e. The van der Waals surface area contributed by atoms with E-state index in [9.17, 15) is 14.4 Å². The summed E-state index contributed by atoms with van der Waals surface area (Å²) >= 11 is 0. The van der Waals surface area contributed by atoms with Crippen molar-refractivity contribution in [2.75, 3.05) is 4.90 Å². The Morgan fingerprint density at radius 3 is 2.33 bits per heavy atom. The summed E-state index contributed by atoms with van der Waals surface area (Å²) in [6.07, 6.45) is 0.954. The third-order valence-electron chi connectivity index (χ3n) is 2.72. The van der Waals surface area contributed by atoms with E-state index in [-0.39, 0.29) is 0 Å². The number of imide groups is 1. The summed E-state index contributed by atoms with van der Waals surface area (Å²) in [6.45, 7) is 1.56. The standard InChI is InChI=1S/C12H10N2O4/c1-7(11(16)17)8-2-4-9(5-3-8)14-10(15)6-13-12(14)18/h2-7H,1H3,(H,16,17). The number of carbonyl (C=O) groups excluding carboxylic acids is 2. The van der Waals surface area contributed by atoms with E-state index in [0.29, 0.717) is 11.3 Å². The molecule has 0 spiro atoms. The van der Waals surface area contributed by atoms with E-state index >= 15 is 0 Å². The first kappa shape index (κ1) is 12.0. The molecule has 0 bridgehead atoms. The molecule has 0 radical (unpaired) electrons. The van der Waals surface area contributed by atoms with E-state index < -0.39 is 23.8 Å². The minimum absolute atomic E-state index is 0.379. The maximum Gasteiger partial charge on any atom is 0.355 e. The molecule has 0 aliphatic carbocycles. The highest BCUT2D eigenvalue weighted by Gasteiger charge is 2.27. The van der Waals surface area contributed by atoms with Gasteiger partial charge in [0.25, 0.3) is 5.91 Å². The minimum Gasteiger partial charge on any atom is -0.481 e. The summed E-state index contributed by atoms with van der Waals surface area (Å²) in [7, 11) is 0. The van der Waals surface area contributed by atoms with E-state index in [1.165, 1.54) is 12.1 Å². The Bertz CT molecular complexity index is 530. The van der Waals surface area contributed by atoms with Gasteiger partial charge in [0.2, 0.25) is 0 Å². The molecule has 18 heavy (non-hydrogen) atoms. The van der Waals surface area contributed by atoms with Crippen LogP contribution >= 0.6 is 0 Å². The van der Waals surface area contributed by atoms with Gasteiger partial charge in [0, 0.05) is 0 Å². The fourth-order valence-corrected chi connectivity index (χ4v) is 1.61. The molecular formula is C12H10N2O4. The summed E-state index contributed by atoms with van der Waals surface area (Å²) in [6, 6.07) is 5.57. The number of hydrogen-bond acceptors (Lipinski definition) is 3. The van der Waals surface area contributed by atoms with Crippen LogP contribution in [0.3, 0.4) is 0 Å². The fraction of sp³-hybridized carbons (Fsp3) is 0.167. The van der Waals surface area contributed by atoms with Gasteiger partial charge in [-0.3, -0.25) is 9.59 Å². The minimum atomic E-state index is -0.931. The number of carboxylic acid groups (broad SMARTS) is 1. The number of aliphatic imine (C=N–C) groups is 1. The molecule has 1 heterocycles. The lowest BCUT2D eigenvalue weighted by molar-refractivity contribution is -0.138. The molecule has 0 fully saturated rings. The number of carboxylic acids is 1. The van der Waals surface area contributed by atoms with Crippen molar-refractivity contribution in [1.82, 2.24) is 0 Å². The topological polar surface area (TPSA) is 87.0 Å². The van der Waals surface area contributed by atoms with E-state index in [1.54, 1.807) is 19.1 Å². The van der Waals surface area contributed by atoms with Crippen molar-refractivity contribution >= 4 is 29.8 Å². The Morgan fingerprint density at radius 2 is 1.89 bits per heavy atom. The van der Waals surface area contributed by atoms with Gasteiger partial charge in [0.15, 0.2) is 0 Å². The molecule has 1 unspecified atom stereocenters. The van der Waals surface area contributed by atoms with Gasteiger partial charge in [-0.25, -0.2) is 9.69 Å². The van der Waals surface area contributed by atoms with E-state index in [2.05, 4.69) is 4.99 Å². The summed E-state index contributed by atoms with van der Waals surface area (Å²) in [5, 5.41) is 8.86. The van der Waals surface area contributed by atoms with Crippen LogP contribution in [-0.2, 0) is 9.59 Å². The molecule has 6 heteroatoms. The Kier molecular flexibility index (Phi) is 2.93. The van der Waals surface area contributed by atoms with E-state index in [1.807, 2.05) is 0 Å². The Balaban J connectivity index is 2.26. The van der Waals surface area contributed by atoms with Crippen LogP contribution in [0.25, 0.3) is 0 Å². The van der Waals surface area contributed by atoms with Crippen LogP contribution < -0.4 is 4.90 Å². The van der Waals surface area contributed by atoms with Crippen molar-refractivity contribution in [3.63, 3.8) is 0 Å². The normalized spacial score (nSPS) is 16.2. The molecule has 1 aromatic rings. The zero-order valence-corrected chi connectivity index (χ0v) is 9.53. The van der Waals surface area contributed by atoms with Gasteiger partial charge in [0.05, 0.1) is 17.8 Å². The summed E-state index contributed by atoms with van der Waals surface area (Å²) in [4.78, 5) is 37.8. The molecule has 1 aromatic carbocycles. The molecule has 2 rings (SSSR count). The van der Waals surface area contributed by atoms with Crippen LogP contribution in [0.1, 0.15) is 18.4 Å². The molecule has 6 nitrogen and oxygen atoms in total. The van der Waals surface area contributed by atoms with Crippen molar-refractivity contribution in [2.24, 2.45) is 4.99 Å². The van der Waals surface area contributed by atoms with Gasteiger partial charge in [-0.2, -0.15) is 4.99 Å². The zero-order chi connectivity index (χ0) is 13.3. The molecule has 92 valence electrons. The number of rotatable bonds is 3. The monoisotopic (exact) mass is 246 g/mol. The van der Waals surface area contributed by atoms with Gasteiger partial charge in [-0.15, -0.1) is 0 Å². The Labute approximate surface area is 103 Å². The van der Waals surface area contributed by atoms with Crippen LogP contribution in [0.5, 0.6) is 0 Å². The quantitative estimate of drug-likeness (QED) is 0.873. The molecular weight excluding hydrogens is 236 g/mol. The summed E-state index contributed by atoms with van der Waals surface area (Å²) < 4.78 is 0. The first-order chi connectivity index (χ1) is 8.50. The number of amides is 3. The van der Waals surface area contributed by atoms with Crippen LogP contribution in [0.2, 0.25) is 0 Å². The maximum atomic E-state index is 11.4. The predicted octanol–water partition coefficient (Wildman–Crippen LogP) is 1.41. The third-order valence-corrected chi connectivity index (χ3v) is 2.72. The Morgan fingerprint density at radius 1 is 1.28 bits per heavy atom. The highest BCUT2D eigenvalue weighted by Crippen LogP contribution is 2.22.